The Morgan fingerprint density at radius 2 is 2.00 bits per heavy atom. The van der Waals surface area contributed by atoms with Crippen molar-refractivity contribution in [3.63, 3.8) is 0 Å². The maximum absolute atomic E-state index is 11.9. The first-order valence-electron chi connectivity index (χ1n) is 6.49. The van der Waals surface area contributed by atoms with Crippen LogP contribution in [0.15, 0.2) is 36.4 Å². The fourth-order valence-electron chi connectivity index (χ4n) is 2.00. The Kier molecular flexibility index (Phi) is 5.10. The van der Waals surface area contributed by atoms with E-state index in [1.165, 1.54) is 12.1 Å². The monoisotopic (exact) mass is 323 g/mol. The molecule has 1 amide bonds. The van der Waals surface area contributed by atoms with Gasteiger partial charge in [-0.2, -0.15) is 0 Å². The zero-order valence-corrected chi connectivity index (χ0v) is 13.0. The maximum Gasteiger partial charge on any atom is 0.224 e. The second-order valence-electron chi connectivity index (χ2n) is 4.82. The number of phenols is 1. The van der Waals surface area contributed by atoms with Crippen LogP contribution in [0.2, 0.25) is 10.0 Å². The summed E-state index contributed by atoms with van der Waals surface area (Å²) >= 11 is 11.7. The lowest BCUT2D eigenvalue weighted by atomic mass is 10.1. The predicted molar refractivity (Wildman–Crippen MR) is 86.3 cm³/mol. The van der Waals surface area contributed by atoms with Gasteiger partial charge >= 0.3 is 0 Å². The first-order chi connectivity index (χ1) is 9.95. The Morgan fingerprint density at radius 1 is 1.24 bits per heavy atom. The molecular formula is C16H15Cl2NO2. The number of hydrogen-bond donors (Lipinski definition) is 2. The van der Waals surface area contributed by atoms with E-state index in [0.29, 0.717) is 17.9 Å². The van der Waals surface area contributed by atoms with Crippen LogP contribution in [0.25, 0.3) is 0 Å². The lowest BCUT2D eigenvalue weighted by molar-refractivity contribution is -0.116. The highest BCUT2D eigenvalue weighted by atomic mass is 35.5. The van der Waals surface area contributed by atoms with Crippen LogP contribution in [-0.2, 0) is 11.2 Å². The van der Waals surface area contributed by atoms with Crippen LogP contribution in [0.5, 0.6) is 5.75 Å². The molecule has 5 heteroatoms. The van der Waals surface area contributed by atoms with E-state index in [-0.39, 0.29) is 22.4 Å². The number of phenolic OH excluding ortho intramolecular Hbond substituents is 1. The van der Waals surface area contributed by atoms with Gasteiger partial charge in [-0.05, 0) is 31.0 Å². The Labute approximate surface area is 133 Å². The Balaban J connectivity index is 1.99. The number of carbonyl (C=O) groups excluding carboxylic acids is 1. The van der Waals surface area contributed by atoms with Crippen molar-refractivity contribution in [3.8, 4) is 5.75 Å². The molecule has 2 N–H and O–H groups in total. The molecule has 3 nitrogen and oxygen atoms in total. The van der Waals surface area contributed by atoms with E-state index < -0.39 is 0 Å². The summed E-state index contributed by atoms with van der Waals surface area (Å²) in [6, 6.07) is 10.9. The summed E-state index contributed by atoms with van der Waals surface area (Å²) in [5, 5.41) is 12.9. The van der Waals surface area contributed by atoms with E-state index >= 15 is 0 Å². The lowest BCUT2D eigenvalue weighted by Gasteiger charge is -2.09. The van der Waals surface area contributed by atoms with Crippen molar-refractivity contribution in [2.24, 2.45) is 0 Å². The van der Waals surface area contributed by atoms with Crippen molar-refractivity contribution in [3.05, 3.63) is 57.6 Å². The van der Waals surface area contributed by atoms with Gasteiger partial charge in [-0.25, -0.2) is 0 Å². The molecule has 0 spiro atoms. The molecule has 110 valence electrons. The molecule has 0 radical (unpaired) electrons. The first kappa shape index (κ1) is 15.7. The topological polar surface area (TPSA) is 49.3 Å². The van der Waals surface area contributed by atoms with Gasteiger partial charge in [0.1, 0.15) is 0 Å². The summed E-state index contributed by atoms with van der Waals surface area (Å²) in [7, 11) is 0. The van der Waals surface area contributed by atoms with Crippen LogP contribution in [0, 0.1) is 6.92 Å². The second-order valence-corrected chi connectivity index (χ2v) is 5.66. The molecule has 0 aliphatic rings. The Bertz CT molecular complexity index is 671. The maximum atomic E-state index is 11.9. The van der Waals surface area contributed by atoms with Crippen molar-refractivity contribution in [2.45, 2.75) is 19.8 Å². The molecule has 0 fully saturated rings. The third-order valence-corrected chi connectivity index (χ3v) is 3.53. The Morgan fingerprint density at radius 3 is 2.71 bits per heavy atom. The molecule has 0 aliphatic heterocycles. The fraction of sp³-hybridized carbons (Fsp3) is 0.188. The second kappa shape index (κ2) is 6.83. The number of halogens is 2. The summed E-state index contributed by atoms with van der Waals surface area (Å²) in [5.74, 6) is -0.380. The number of benzene rings is 2. The van der Waals surface area contributed by atoms with Crippen LogP contribution in [-0.4, -0.2) is 11.0 Å². The van der Waals surface area contributed by atoms with Crippen LogP contribution < -0.4 is 5.32 Å². The highest BCUT2D eigenvalue weighted by Crippen LogP contribution is 2.35. The van der Waals surface area contributed by atoms with Gasteiger partial charge in [0.15, 0.2) is 5.75 Å². The molecule has 0 aromatic heterocycles. The molecule has 0 saturated heterocycles. The molecule has 0 heterocycles. The third kappa shape index (κ3) is 4.38. The van der Waals surface area contributed by atoms with E-state index in [1.54, 1.807) is 0 Å². The van der Waals surface area contributed by atoms with Crippen LogP contribution >= 0.6 is 23.2 Å². The molecule has 2 aromatic carbocycles. The van der Waals surface area contributed by atoms with E-state index in [0.717, 1.165) is 11.1 Å². The van der Waals surface area contributed by atoms with E-state index in [4.69, 9.17) is 23.2 Å². The number of carbonyl (C=O) groups is 1. The smallest absolute Gasteiger partial charge is 0.224 e. The molecule has 0 saturated carbocycles. The number of anilines is 1. The summed E-state index contributed by atoms with van der Waals surface area (Å²) in [6.07, 6.45) is 0.940. The van der Waals surface area contributed by atoms with Gasteiger partial charge in [-0.3, -0.25) is 4.79 Å². The first-order valence-corrected chi connectivity index (χ1v) is 7.24. The van der Waals surface area contributed by atoms with E-state index in [1.807, 2.05) is 31.2 Å². The van der Waals surface area contributed by atoms with Crippen molar-refractivity contribution < 1.29 is 9.90 Å². The van der Waals surface area contributed by atoms with Gasteiger partial charge in [0.05, 0.1) is 10.7 Å². The minimum absolute atomic E-state index is 0.108. The number of amides is 1. The van der Waals surface area contributed by atoms with Crippen LogP contribution in [0.4, 0.5) is 5.69 Å². The highest BCUT2D eigenvalue weighted by molar-refractivity contribution is 6.36. The van der Waals surface area contributed by atoms with Crippen LogP contribution in [0.1, 0.15) is 17.5 Å². The molecule has 2 rings (SSSR count). The average molecular weight is 324 g/mol. The summed E-state index contributed by atoms with van der Waals surface area (Å²) in [5.41, 5.74) is 2.48. The van der Waals surface area contributed by atoms with Gasteiger partial charge in [-0.1, -0.05) is 53.0 Å². The van der Waals surface area contributed by atoms with Crippen LogP contribution in [0.3, 0.4) is 0 Å². The van der Waals surface area contributed by atoms with Gasteiger partial charge in [0.2, 0.25) is 5.91 Å². The van der Waals surface area contributed by atoms with Gasteiger partial charge < -0.3 is 10.4 Å². The van der Waals surface area contributed by atoms with Crippen molar-refractivity contribution in [1.29, 1.82) is 0 Å². The number of aromatic hydroxyl groups is 1. The average Bonchev–Trinajstić information content (AvgIpc) is 2.42. The summed E-state index contributed by atoms with van der Waals surface area (Å²) < 4.78 is 0. The quantitative estimate of drug-likeness (QED) is 0.809. The minimum atomic E-state index is -0.204. The van der Waals surface area contributed by atoms with Crippen molar-refractivity contribution >= 4 is 34.8 Å². The van der Waals surface area contributed by atoms with Gasteiger partial charge in [0.25, 0.3) is 0 Å². The third-order valence-electron chi connectivity index (χ3n) is 3.03. The zero-order chi connectivity index (χ0) is 15.4. The predicted octanol–water partition coefficient (Wildman–Crippen LogP) is 4.58. The molecular weight excluding hydrogens is 309 g/mol. The minimum Gasteiger partial charge on any atom is -0.504 e. The molecule has 0 atom stereocenters. The fourth-order valence-corrected chi connectivity index (χ4v) is 2.49. The normalized spacial score (nSPS) is 10.4. The standard InChI is InChI=1S/C16H15Cl2NO2/c1-10-3-2-4-11(7-10)5-6-15(20)19-14-9-12(17)8-13(18)16(14)21/h2-4,7-9,21H,5-6H2,1H3,(H,19,20). The SMILES string of the molecule is Cc1cccc(CCC(=O)Nc2cc(Cl)cc(Cl)c2O)c1. The number of hydrogen-bond acceptors (Lipinski definition) is 2. The largest absolute Gasteiger partial charge is 0.504 e. The molecule has 21 heavy (non-hydrogen) atoms. The zero-order valence-electron chi connectivity index (χ0n) is 11.5. The van der Waals surface area contributed by atoms with Gasteiger partial charge in [0, 0.05) is 11.4 Å². The lowest BCUT2D eigenvalue weighted by Crippen LogP contribution is -2.12. The highest BCUT2D eigenvalue weighted by Gasteiger charge is 2.11. The molecule has 2 aromatic rings. The number of nitrogens with one attached hydrogen (secondary N) is 1. The molecule has 0 aliphatic carbocycles. The van der Waals surface area contributed by atoms with Gasteiger partial charge in [-0.15, -0.1) is 0 Å². The van der Waals surface area contributed by atoms with E-state index in [2.05, 4.69) is 5.32 Å². The molecule has 0 bridgehead atoms. The summed E-state index contributed by atoms with van der Waals surface area (Å²) in [4.78, 5) is 11.9. The number of aryl methyl sites for hydroxylation is 2. The van der Waals surface area contributed by atoms with Crippen molar-refractivity contribution in [2.75, 3.05) is 5.32 Å². The number of rotatable bonds is 4. The van der Waals surface area contributed by atoms with E-state index in [9.17, 15) is 9.90 Å². The van der Waals surface area contributed by atoms with Crippen molar-refractivity contribution in [1.82, 2.24) is 0 Å². The summed E-state index contributed by atoms with van der Waals surface area (Å²) in [6.45, 7) is 2.01. The Hall–Kier alpha value is -1.71. The molecule has 0 unspecified atom stereocenters.